The van der Waals surface area contributed by atoms with Crippen LogP contribution in [0.2, 0.25) is 0 Å². The summed E-state index contributed by atoms with van der Waals surface area (Å²) < 4.78 is 0. The van der Waals surface area contributed by atoms with Crippen LogP contribution in [0.3, 0.4) is 0 Å². The third-order valence-corrected chi connectivity index (χ3v) is 2.56. The fraction of sp³-hybridized carbons (Fsp3) is 0.636. The van der Waals surface area contributed by atoms with E-state index in [9.17, 15) is 0 Å². The Labute approximate surface area is 101 Å². The van der Waals surface area contributed by atoms with Crippen LogP contribution in [-0.2, 0) is 26.2 Å². The fourth-order valence-electron chi connectivity index (χ4n) is 1.41. The van der Waals surface area contributed by atoms with Crippen LogP contribution in [-0.4, -0.2) is 12.2 Å². The van der Waals surface area contributed by atoms with E-state index in [2.05, 4.69) is 40.7 Å². The number of hydrogen-bond donors (Lipinski definition) is 1. The normalized spacial score (nSPS) is 18.5. The van der Waals surface area contributed by atoms with E-state index in [4.69, 9.17) is 5.11 Å². The molecule has 1 aliphatic carbocycles. The summed E-state index contributed by atoms with van der Waals surface area (Å²) in [5.41, 5.74) is 4.39. The maximum Gasteiger partial charge on any atom is 0.0319 e. The number of aliphatic hydroxyl groups excluding tert-OH is 1. The van der Waals surface area contributed by atoms with Gasteiger partial charge in [-0.1, -0.05) is 33.1 Å². The minimum atomic E-state index is 0. The van der Waals surface area contributed by atoms with Gasteiger partial charge < -0.3 is 5.11 Å². The molecule has 0 spiro atoms. The Morgan fingerprint density at radius 3 is 1.54 bits per heavy atom. The van der Waals surface area contributed by atoms with Crippen LogP contribution in [0.25, 0.3) is 0 Å². The Hall–Kier alpha value is 0.323. The summed E-state index contributed by atoms with van der Waals surface area (Å²) in [4.78, 5) is 0. The van der Waals surface area contributed by atoms with Crippen LogP contribution in [0.4, 0.5) is 0 Å². The summed E-state index contributed by atoms with van der Waals surface area (Å²) in [5.74, 6) is 0. The van der Waals surface area contributed by atoms with Gasteiger partial charge in [0.25, 0.3) is 0 Å². The Kier molecular flexibility index (Phi) is 7.20. The minimum Gasteiger partial charge on any atom is -0.400 e. The van der Waals surface area contributed by atoms with Crippen molar-refractivity contribution < 1.29 is 31.3 Å². The Balaban J connectivity index is 0. The summed E-state index contributed by atoms with van der Waals surface area (Å²) >= 11 is 0. The van der Waals surface area contributed by atoms with Crippen LogP contribution in [0.1, 0.15) is 34.6 Å². The van der Waals surface area contributed by atoms with E-state index in [0.29, 0.717) is 0 Å². The van der Waals surface area contributed by atoms with Crippen molar-refractivity contribution >= 4 is 0 Å². The smallest absolute Gasteiger partial charge is 0.0319 e. The third kappa shape index (κ3) is 3.52. The van der Waals surface area contributed by atoms with Crippen molar-refractivity contribution in [2.45, 2.75) is 34.6 Å². The number of aliphatic hydroxyl groups is 1. The molecule has 0 heterocycles. The van der Waals surface area contributed by atoms with E-state index < -0.39 is 0 Å². The molecule has 0 radical (unpaired) electrons. The summed E-state index contributed by atoms with van der Waals surface area (Å²) in [6.07, 6.45) is 3.44. The summed E-state index contributed by atoms with van der Waals surface area (Å²) in [6, 6.07) is 0. The average Bonchev–Trinajstić information content (AvgIpc) is 2.19. The van der Waals surface area contributed by atoms with Crippen LogP contribution in [0.5, 0.6) is 0 Å². The third-order valence-electron chi connectivity index (χ3n) is 2.56. The Morgan fingerprint density at radius 1 is 1.08 bits per heavy atom. The van der Waals surface area contributed by atoms with Gasteiger partial charge in [-0.2, -0.15) is 11.1 Å². The number of hydrogen-bond acceptors (Lipinski definition) is 1. The molecule has 13 heavy (non-hydrogen) atoms. The molecule has 0 aromatic carbocycles. The van der Waals surface area contributed by atoms with Crippen LogP contribution >= 0.6 is 0 Å². The molecule has 1 N–H and O–H groups in total. The molecular weight excluding hydrogens is 239 g/mol. The molecule has 0 aromatic heterocycles. The number of allylic oxidation sites excluding steroid dienone is 4. The standard InChI is InChI=1S/C10H15.CH4O.Zr/c1-7-6-10(4,5)9(3)8(7)2;1-2;/h1-5H3;2H,1H3;/q-1;;. The maximum absolute atomic E-state index is 7.00. The maximum atomic E-state index is 7.00. The van der Waals surface area contributed by atoms with Gasteiger partial charge in [-0.15, -0.1) is 6.92 Å². The molecule has 0 atom stereocenters. The molecule has 0 unspecified atom stereocenters. The second-order valence-corrected chi connectivity index (χ2v) is 3.62. The van der Waals surface area contributed by atoms with Gasteiger partial charge >= 0.3 is 0 Å². The number of rotatable bonds is 0. The van der Waals surface area contributed by atoms with Gasteiger partial charge in [-0.25, -0.2) is 5.57 Å². The van der Waals surface area contributed by atoms with Gasteiger partial charge in [-0.3, -0.25) is 6.08 Å². The molecule has 0 amide bonds. The van der Waals surface area contributed by atoms with Crippen LogP contribution in [0.15, 0.2) is 16.7 Å². The zero-order chi connectivity index (χ0) is 9.94. The van der Waals surface area contributed by atoms with E-state index in [1.807, 2.05) is 0 Å². The first-order chi connectivity index (χ1) is 5.45. The second-order valence-electron chi connectivity index (χ2n) is 3.62. The topological polar surface area (TPSA) is 20.2 Å². The predicted octanol–water partition coefficient (Wildman–Crippen LogP) is 2.72. The van der Waals surface area contributed by atoms with Gasteiger partial charge in [0.1, 0.15) is 0 Å². The Bertz CT molecular complexity index is 224. The van der Waals surface area contributed by atoms with Gasteiger partial charge in [0.2, 0.25) is 0 Å². The van der Waals surface area contributed by atoms with Crippen molar-refractivity contribution in [1.82, 2.24) is 0 Å². The fourth-order valence-corrected chi connectivity index (χ4v) is 1.41. The van der Waals surface area contributed by atoms with E-state index in [-0.39, 0.29) is 31.6 Å². The van der Waals surface area contributed by atoms with Crippen molar-refractivity contribution in [2.75, 3.05) is 7.11 Å². The monoisotopic (exact) mass is 257 g/mol. The van der Waals surface area contributed by atoms with Crippen molar-refractivity contribution in [3.05, 3.63) is 22.8 Å². The molecule has 0 bridgehead atoms. The molecule has 1 rings (SSSR count). The quantitative estimate of drug-likeness (QED) is 0.663. The molecule has 0 aliphatic heterocycles. The van der Waals surface area contributed by atoms with Gasteiger partial charge in [0, 0.05) is 33.3 Å². The molecular formula is C11H19OZr-. The van der Waals surface area contributed by atoms with E-state index >= 15 is 0 Å². The van der Waals surface area contributed by atoms with Crippen molar-refractivity contribution in [1.29, 1.82) is 0 Å². The zero-order valence-corrected chi connectivity index (χ0v) is 11.9. The first kappa shape index (κ1) is 15.8. The average molecular weight is 258 g/mol. The second kappa shape index (κ2) is 5.93. The molecule has 0 saturated heterocycles. The first-order valence-corrected chi connectivity index (χ1v) is 4.20. The minimum absolute atomic E-state index is 0. The largest absolute Gasteiger partial charge is 0.400 e. The summed E-state index contributed by atoms with van der Waals surface area (Å²) in [7, 11) is 1.00. The van der Waals surface area contributed by atoms with Gasteiger partial charge in [0.15, 0.2) is 0 Å². The van der Waals surface area contributed by atoms with Crippen molar-refractivity contribution in [3.8, 4) is 0 Å². The summed E-state index contributed by atoms with van der Waals surface area (Å²) in [6.45, 7) is 10.9. The summed E-state index contributed by atoms with van der Waals surface area (Å²) in [5, 5.41) is 7.00. The zero-order valence-electron chi connectivity index (χ0n) is 9.45. The SMILES string of the molecule is CC1=[C-]C(C)(C)C(C)=C1C.CO.[Zr]. The molecule has 2 heteroatoms. The van der Waals surface area contributed by atoms with Crippen molar-refractivity contribution in [2.24, 2.45) is 5.41 Å². The van der Waals surface area contributed by atoms with Crippen LogP contribution in [0, 0.1) is 11.5 Å². The van der Waals surface area contributed by atoms with Crippen molar-refractivity contribution in [3.63, 3.8) is 0 Å². The molecule has 74 valence electrons. The first-order valence-electron chi connectivity index (χ1n) is 4.20. The van der Waals surface area contributed by atoms with Gasteiger partial charge in [0.05, 0.1) is 0 Å². The molecule has 0 fully saturated rings. The molecule has 1 nitrogen and oxygen atoms in total. The van der Waals surface area contributed by atoms with E-state index in [1.165, 1.54) is 16.7 Å². The Morgan fingerprint density at radius 2 is 1.46 bits per heavy atom. The van der Waals surface area contributed by atoms with E-state index in [0.717, 1.165) is 7.11 Å². The van der Waals surface area contributed by atoms with E-state index in [1.54, 1.807) is 0 Å². The molecule has 1 aliphatic rings. The predicted molar refractivity (Wildman–Crippen MR) is 52.7 cm³/mol. The van der Waals surface area contributed by atoms with Gasteiger partial charge in [-0.05, 0) is 0 Å². The molecule has 0 saturated carbocycles. The van der Waals surface area contributed by atoms with Crippen LogP contribution < -0.4 is 0 Å². The molecule has 0 aromatic rings.